The molecule has 0 N–H and O–H groups in total. The van der Waals surface area contributed by atoms with Crippen LogP contribution in [0.15, 0.2) is 18.3 Å². The van der Waals surface area contributed by atoms with Gasteiger partial charge in [0.25, 0.3) is 0 Å². The molecule has 4 nitrogen and oxygen atoms in total. The van der Waals surface area contributed by atoms with E-state index in [0.29, 0.717) is 6.42 Å². The summed E-state index contributed by atoms with van der Waals surface area (Å²) in [7, 11) is 0. The third-order valence-corrected chi connectivity index (χ3v) is 3.58. The predicted octanol–water partition coefficient (Wildman–Crippen LogP) is 2.36. The molecule has 0 aliphatic heterocycles. The van der Waals surface area contributed by atoms with E-state index < -0.39 is 0 Å². The van der Waals surface area contributed by atoms with Crippen LogP contribution < -0.4 is 0 Å². The van der Waals surface area contributed by atoms with Crippen molar-refractivity contribution < 1.29 is 4.79 Å². The molecule has 2 heterocycles. The molecular formula is C15H21N3O. The fourth-order valence-corrected chi connectivity index (χ4v) is 2.41. The Labute approximate surface area is 114 Å². The maximum absolute atomic E-state index is 12.2. The zero-order chi connectivity index (χ0) is 14.0. The van der Waals surface area contributed by atoms with E-state index in [1.165, 1.54) is 0 Å². The Morgan fingerprint density at radius 1 is 1.32 bits per heavy atom. The van der Waals surface area contributed by atoms with Gasteiger partial charge < -0.3 is 9.30 Å². The molecule has 0 aliphatic carbocycles. The minimum Gasteiger partial charge on any atom is -0.343 e. The summed E-state index contributed by atoms with van der Waals surface area (Å²) in [6, 6.07) is 4.03. The summed E-state index contributed by atoms with van der Waals surface area (Å²) in [6.45, 7) is 9.53. The topological polar surface area (TPSA) is 37.6 Å². The van der Waals surface area contributed by atoms with Crippen molar-refractivity contribution >= 4 is 11.6 Å². The van der Waals surface area contributed by atoms with Crippen molar-refractivity contribution in [2.45, 2.75) is 34.1 Å². The molecule has 0 saturated heterocycles. The van der Waals surface area contributed by atoms with Gasteiger partial charge in [0.15, 0.2) is 0 Å². The second-order valence-electron chi connectivity index (χ2n) is 4.77. The second-order valence-corrected chi connectivity index (χ2v) is 4.77. The lowest BCUT2D eigenvalue weighted by Crippen LogP contribution is -2.32. The molecule has 0 aromatic carbocycles. The molecule has 0 unspecified atom stereocenters. The van der Waals surface area contributed by atoms with Crippen LogP contribution in [0.3, 0.4) is 0 Å². The summed E-state index contributed by atoms with van der Waals surface area (Å²) < 4.78 is 2.03. The van der Waals surface area contributed by atoms with Gasteiger partial charge in [0.1, 0.15) is 5.65 Å². The van der Waals surface area contributed by atoms with Crippen molar-refractivity contribution in [2.75, 3.05) is 13.1 Å². The van der Waals surface area contributed by atoms with Crippen LogP contribution in [0.4, 0.5) is 0 Å². The molecule has 102 valence electrons. The van der Waals surface area contributed by atoms with Crippen molar-refractivity contribution in [3.63, 3.8) is 0 Å². The first-order valence-electron chi connectivity index (χ1n) is 6.79. The molecule has 19 heavy (non-hydrogen) atoms. The van der Waals surface area contributed by atoms with Crippen LogP contribution in [0.25, 0.3) is 5.65 Å². The number of pyridine rings is 1. The normalized spacial score (nSPS) is 10.9. The van der Waals surface area contributed by atoms with Gasteiger partial charge in [-0.25, -0.2) is 4.98 Å². The van der Waals surface area contributed by atoms with Gasteiger partial charge in [0.05, 0.1) is 17.8 Å². The third kappa shape index (κ3) is 2.48. The minimum atomic E-state index is 0.163. The van der Waals surface area contributed by atoms with E-state index in [1.807, 2.05) is 55.3 Å². The van der Waals surface area contributed by atoms with E-state index in [0.717, 1.165) is 35.7 Å². The van der Waals surface area contributed by atoms with Crippen molar-refractivity contribution in [2.24, 2.45) is 0 Å². The fraction of sp³-hybridized carbons (Fsp3) is 0.467. The fourth-order valence-electron chi connectivity index (χ4n) is 2.41. The number of fused-ring (bicyclic) bond motifs is 1. The predicted molar refractivity (Wildman–Crippen MR) is 76.3 cm³/mol. The first-order chi connectivity index (χ1) is 9.08. The van der Waals surface area contributed by atoms with Crippen LogP contribution in [0.5, 0.6) is 0 Å². The lowest BCUT2D eigenvalue weighted by molar-refractivity contribution is -0.130. The smallest absolute Gasteiger partial charge is 0.228 e. The van der Waals surface area contributed by atoms with E-state index in [1.54, 1.807) is 0 Å². The zero-order valence-corrected chi connectivity index (χ0v) is 12.1. The van der Waals surface area contributed by atoms with Crippen molar-refractivity contribution in [1.82, 2.24) is 14.3 Å². The summed E-state index contributed by atoms with van der Waals surface area (Å²) in [6.07, 6.45) is 2.39. The minimum absolute atomic E-state index is 0.163. The molecule has 0 saturated carbocycles. The third-order valence-electron chi connectivity index (χ3n) is 3.58. The van der Waals surface area contributed by atoms with Gasteiger partial charge in [0, 0.05) is 19.3 Å². The number of carbonyl (C=O) groups excluding carboxylic acids is 1. The van der Waals surface area contributed by atoms with Crippen LogP contribution in [-0.4, -0.2) is 33.3 Å². The number of hydrogen-bond acceptors (Lipinski definition) is 2. The number of rotatable bonds is 4. The van der Waals surface area contributed by atoms with Crippen LogP contribution in [0, 0.1) is 13.8 Å². The van der Waals surface area contributed by atoms with Crippen LogP contribution in [0.2, 0.25) is 0 Å². The molecule has 0 atom stereocenters. The average molecular weight is 259 g/mol. The van der Waals surface area contributed by atoms with E-state index >= 15 is 0 Å². The Balaban J connectivity index is 2.38. The zero-order valence-electron chi connectivity index (χ0n) is 12.1. The number of likely N-dealkylation sites (N-methyl/N-ethyl adjacent to an activating group) is 1. The number of carbonyl (C=O) groups is 1. The highest BCUT2D eigenvalue weighted by molar-refractivity contribution is 5.79. The Morgan fingerprint density at radius 2 is 2.00 bits per heavy atom. The number of hydrogen-bond donors (Lipinski definition) is 0. The Bertz CT molecular complexity index is 597. The van der Waals surface area contributed by atoms with Gasteiger partial charge >= 0.3 is 0 Å². The van der Waals surface area contributed by atoms with Gasteiger partial charge in [-0.05, 0) is 39.3 Å². The molecule has 2 aromatic rings. The SMILES string of the molecule is CCN(CC)C(=O)Cc1c(C)nc2c(C)cccn12. The van der Waals surface area contributed by atoms with Gasteiger partial charge in [-0.3, -0.25) is 4.79 Å². The number of aromatic nitrogens is 2. The largest absolute Gasteiger partial charge is 0.343 e. The molecule has 0 aliphatic rings. The lowest BCUT2D eigenvalue weighted by atomic mass is 10.2. The highest BCUT2D eigenvalue weighted by Gasteiger charge is 2.16. The van der Waals surface area contributed by atoms with Gasteiger partial charge in [-0.1, -0.05) is 6.07 Å². The van der Waals surface area contributed by atoms with Gasteiger partial charge in [-0.15, -0.1) is 0 Å². The summed E-state index contributed by atoms with van der Waals surface area (Å²) in [5.74, 6) is 0.163. The summed E-state index contributed by atoms with van der Waals surface area (Å²) in [5, 5.41) is 0. The molecule has 0 radical (unpaired) electrons. The number of amides is 1. The maximum Gasteiger partial charge on any atom is 0.228 e. The van der Waals surface area contributed by atoms with E-state index in [-0.39, 0.29) is 5.91 Å². The van der Waals surface area contributed by atoms with Crippen molar-refractivity contribution in [3.05, 3.63) is 35.3 Å². The average Bonchev–Trinajstić information content (AvgIpc) is 2.70. The van der Waals surface area contributed by atoms with Crippen LogP contribution in [-0.2, 0) is 11.2 Å². The van der Waals surface area contributed by atoms with Crippen LogP contribution >= 0.6 is 0 Å². The van der Waals surface area contributed by atoms with Gasteiger partial charge in [-0.2, -0.15) is 0 Å². The summed E-state index contributed by atoms with van der Waals surface area (Å²) >= 11 is 0. The maximum atomic E-state index is 12.2. The number of imidazole rings is 1. The molecular weight excluding hydrogens is 238 g/mol. The molecule has 0 bridgehead atoms. The molecule has 4 heteroatoms. The Kier molecular flexibility index (Phi) is 3.88. The lowest BCUT2D eigenvalue weighted by Gasteiger charge is -2.18. The molecule has 2 aromatic heterocycles. The molecule has 0 spiro atoms. The first-order valence-corrected chi connectivity index (χ1v) is 6.79. The summed E-state index contributed by atoms with van der Waals surface area (Å²) in [5.41, 5.74) is 4.01. The van der Waals surface area contributed by atoms with E-state index in [9.17, 15) is 4.79 Å². The van der Waals surface area contributed by atoms with E-state index in [2.05, 4.69) is 4.98 Å². The molecule has 1 amide bonds. The van der Waals surface area contributed by atoms with Crippen LogP contribution in [0.1, 0.15) is 30.8 Å². The standard InChI is InChI=1S/C15H21N3O/c1-5-17(6-2)14(19)10-13-12(4)16-15-11(3)8-7-9-18(13)15/h7-9H,5-6,10H2,1-4H3. The number of nitrogens with zero attached hydrogens (tertiary/aromatic N) is 3. The highest BCUT2D eigenvalue weighted by atomic mass is 16.2. The second kappa shape index (κ2) is 5.43. The quantitative estimate of drug-likeness (QED) is 0.845. The molecule has 0 fully saturated rings. The highest BCUT2D eigenvalue weighted by Crippen LogP contribution is 2.16. The van der Waals surface area contributed by atoms with E-state index in [4.69, 9.17) is 0 Å². The Morgan fingerprint density at radius 3 is 2.63 bits per heavy atom. The monoisotopic (exact) mass is 259 g/mol. The van der Waals surface area contributed by atoms with Crippen molar-refractivity contribution in [1.29, 1.82) is 0 Å². The van der Waals surface area contributed by atoms with Crippen molar-refractivity contribution in [3.8, 4) is 0 Å². The molecule has 2 rings (SSSR count). The number of aryl methyl sites for hydroxylation is 2. The first kappa shape index (κ1) is 13.6. The van der Waals surface area contributed by atoms with Gasteiger partial charge in [0.2, 0.25) is 5.91 Å². The summed E-state index contributed by atoms with van der Waals surface area (Å²) in [4.78, 5) is 18.7. The Hall–Kier alpha value is -1.84.